The van der Waals surface area contributed by atoms with Crippen LogP contribution in [0.4, 0.5) is 14.6 Å². The number of nitrogen functional groups attached to an aromatic ring is 1. The molecule has 4 nitrogen and oxygen atoms in total. The number of nitrogens with zero attached hydrogens (tertiary/aromatic N) is 1. The van der Waals surface area contributed by atoms with Crippen LogP contribution in [0.3, 0.4) is 0 Å². The lowest BCUT2D eigenvalue weighted by Crippen LogP contribution is -2.26. The van der Waals surface area contributed by atoms with Crippen molar-refractivity contribution in [2.45, 2.75) is 6.42 Å². The number of carbonyl (C=O) groups excluding carboxylic acids is 1. The Kier molecular flexibility index (Phi) is 4.70. The third-order valence-corrected chi connectivity index (χ3v) is 3.06. The Balaban J connectivity index is 1.93. The molecular weight excluding hydrogens is 300 g/mol. The molecule has 110 valence electrons. The maximum atomic E-state index is 13.0. The molecule has 3 N–H and O–H groups in total. The van der Waals surface area contributed by atoms with Crippen LogP contribution in [0.15, 0.2) is 30.5 Å². The van der Waals surface area contributed by atoms with E-state index in [9.17, 15) is 13.6 Å². The van der Waals surface area contributed by atoms with Crippen LogP contribution < -0.4 is 11.1 Å². The summed E-state index contributed by atoms with van der Waals surface area (Å²) in [7, 11) is 0. The molecule has 0 bridgehead atoms. The zero-order chi connectivity index (χ0) is 15.4. The summed E-state index contributed by atoms with van der Waals surface area (Å²) in [5.41, 5.74) is 6.17. The van der Waals surface area contributed by atoms with Crippen molar-refractivity contribution in [2.24, 2.45) is 0 Å². The van der Waals surface area contributed by atoms with Gasteiger partial charge in [0.1, 0.15) is 17.5 Å². The maximum absolute atomic E-state index is 13.0. The summed E-state index contributed by atoms with van der Waals surface area (Å²) in [5.74, 6) is -1.54. The second-order valence-electron chi connectivity index (χ2n) is 4.37. The number of halogens is 3. The van der Waals surface area contributed by atoms with Crippen molar-refractivity contribution < 1.29 is 13.6 Å². The average molecular weight is 312 g/mol. The summed E-state index contributed by atoms with van der Waals surface area (Å²) in [6.45, 7) is 0.226. The summed E-state index contributed by atoms with van der Waals surface area (Å²) in [6.07, 6.45) is 1.61. The number of benzene rings is 1. The highest BCUT2D eigenvalue weighted by Crippen LogP contribution is 2.16. The van der Waals surface area contributed by atoms with Gasteiger partial charge in [0.15, 0.2) is 0 Å². The van der Waals surface area contributed by atoms with Crippen molar-refractivity contribution in [3.05, 3.63) is 58.2 Å². The fourth-order valence-corrected chi connectivity index (χ4v) is 1.92. The highest BCUT2D eigenvalue weighted by atomic mass is 35.5. The molecule has 21 heavy (non-hydrogen) atoms. The molecule has 0 spiro atoms. The minimum absolute atomic E-state index is 0.142. The van der Waals surface area contributed by atoms with E-state index in [-0.39, 0.29) is 28.9 Å². The van der Waals surface area contributed by atoms with Crippen LogP contribution >= 0.6 is 11.6 Å². The van der Waals surface area contributed by atoms with Crippen LogP contribution in [0.1, 0.15) is 15.9 Å². The minimum Gasteiger partial charge on any atom is -0.382 e. The third-order valence-electron chi connectivity index (χ3n) is 2.75. The third kappa shape index (κ3) is 4.13. The van der Waals surface area contributed by atoms with Crippen LogP contribution in [-0.2, 0) is 6.42 Å². The summed E-state index contributed by atoms with van der Waals surface area (Å²) in [6, 6.07) is 4.64. The van der Waals surface area contributed by atoms with E-state index in [2.05, 4.69) is 10.3 Å². The van der Waals surface area contributed by atoms with E-state index < -0.39 is 11.6 Å². The van der Waals surface area contributed by atoms with Gasteiger partial charge in [0, 0.05) is 18.8 Å². The molecule has 0 saturated carbocycles. The molecule has 7 heteroatoms. The molecule has 0 aliphatic heterocycles. The topological polar surface area (TPSA) is 68.0 Å². The molecule has 1 heterocycles. The number of hydrogen-bond acceptors (Lipinski definition) is 3. The van der Waals surface area contributed by atoms with Crippen molar-refractivity contribution >= 4 is 23.3 Å². The molecule has 2 aromatic rings. The summed E-state index contributed by atoms with van der Waals surface area (Å²) < 4.78 is 26.0. The first kappa shape index (κ1) is 15.2. The van der Waals surface area contributed by atoms with Crippen molar-refractivity contribution in [3.63, 3.8) is 0 Å². The highest BCUT2D eigenvalue weighted by Gasteiger charge is 2.08. The van der Waals surface area contributed by atoms with Crippen molar-refractivity contribution in [3.8, 4) is 0 Å². The molecule has 1 aromatic carbocycles. The van der Waals surface area contributed by atoms with Gasteiger partial charge < -0.3 is 11.1 Å². The smallest absolute Gasteiger partial charge is 0.252 e. The number of pyridine rings is 1. The van der Waals surface area contributed by atoms with E-state index in [0.717, 1.165) is 6.07 Å². The van der Waals surface area contributed by atoms with Gasteiger partial charge in [-0.15, -0.1) is 0 Å². The average Bonchev–Trinajstić information content (AvgIpc) is 2.40. The van der Waals surface area contributed by atoms with E-state index in [4.69, 9.17) is 17.3 Å². The minimum atomic E-state index is -0.647. The number of hydrogen-bond donors (Lipinski definition) is 2. The first-order valence-electron chi connectivity index (χ1n) is 6.10. The monoisotopic (exact) mass is 311 g/mol. The molecule has 1 aromatic heterocycles. The summed E-state index contributed by atoms with van der Waals surface area (Å²) >= 11 is 5.77. The quantitative estimate of drug-likeness (QED) is 0.912. The summed E-state index contributed by atoms with van der Waals surface area (Å²) in [4.78, 5) is 15.6. The van der Waals surface area contributed by atoms with Crippen LogP contribution in [0.2, 0.25) is 5.02 Å². The molecule has 0 atom stereocenters. The molecule has 0 fully saturated rings. The van der Waals surface area contributed by atoms with Crippen LogP contribution in [0, 0.1) is 11.6 Å². The van der Waals surface area contributed by atoms with Gasteiger partial charge in [-0.2, -0.15) is 0 Å². The Hall–Kier alpha value is -2.21. The lowest BCUT2D eigenvalue weighted by atomic mass is 10.1. The predicted octanol–water partition coefficient (Wildman–Crippen LogP) is 2.57. The van der Waals surface area contributed by atoms with Crippen LogP contribution in [-0.4, -0.2) is 17.4 Å². The van der Waals surface area contributed by atoms with Gasteiger partial charge >= 0.3 is 0 Å². The van der Waals surface area contributed by atoms with Crippen LogP contribution in [0.5, 0.6) is 0 Å². The fourth-order valence-electron chi connectivity index (χ4n) is 1.75. The molecule has 0 aliphatic carbocycles. The van der Waals surface area contributed by atoms with Gasteiger partial charge in [-0.25, -0.2) is 13.8 Å². The van der Waals surface area contributed by atoms with Crippen molar-refractivity contribution in [2.75, 3.05) is 12.3 Å². The van der Waals surface area contributed by atoms with Crippen LogP contribution in [0.25, 0.3) is 0 Å². The maximum Gasteiger partial charge on any atom is 0.252 e. The first-order valence-corrected chi connectivity index (χ1v) is 6.47. The number of nitrogens with one attached hydrogen (secondary N) is 1. The first-order chi connectivity index (χ1) is 9.95. The lowest BCUT2D eigenvalue weighted by Gasteiger charge is -2.06. The number of aromatic nitrogens is 1. The normalized spacial score (nSPS) is 10.4. The van der Waals surface area contributed by atoms with Gasteiger partial charge in [-0.3, -0.25) is 4.79 Å². The molecule has 0 radical (unpaired) electrons. The van der Waals surface area contributed by atoms with E-state index in [1.165, 1.54) is 24.4 Å². The predicted molar refractivity (Wildman–Crippen MR) is 76.1 cm³/mol. The standard InChI is InChI=1S/C14H12ClF2N3O/c15-12-5-9(7-20-13(12)18)14(21)19-2-1-8-3-10(16)6-11(17)4-8/h3-7H,1-2H2,(H2,18,20)(H,19,21). The number of nitrogens with two attached hydrogens (primary N) is 1. The molecule has 0 saturated heterocycles. The SMILES string of the molecule is Nc1ncc(C(=O)NCCc2cc(F)cc(F)c2)cc1Cl. The zero-order valence-corrected chi connectivity index (χ0v) is 11.6. The number of rotatable bonds is 4. The molecular formula is C14H12ClF2N3O. The summed E-state index contributed by atoms with van der Waals surface area (Å²) in [5, 5.41) is 2.80. The van der Waals surface area contributed by atoms with Gasteiger partial charge in [-0.1, -0.05) is 11.6 Å². The molecule has 2 rings (SSSR count). The van der Waals surface area contributed by atoms with Crippen molar-refractivity contribution in [1.29, 1.82) is 0 Å². The van der Waals surface area contributed by atoms with E-state index >= 15 is 0 Å². The van der Waals surface area contributed by atoms with Gasteiger partial charge in [0.25, 0.3) is 5.91 Å². The van der Waals surface area contributed by atoms with Gasteiger partial charge in [0.2, 0.25) is 0 Å². The Morgan fingerprint density at radius 1 is 1.24 bits per heavy atom. The number of carbonyl (C=O) groups is 1. The largest absolute Gasteiger partial charge is 0.382 e. The molecule has 0 unspecified atom stereocenters. The molecule has 1 amide bonds. The Morgan fingerprint density at radius 2 is 1.90 bits per heavy atom. The Labute approximate surface area is 124 Å². The van der Waals surface area contributed by atoms with E-state index in [0.29, 0.717) is 12.0 Å². The molecule has 0 aliphatic rings. The number of amides is 1. The second kappa shape index (κ2) is 6.49. The number of anilines is 1. The lowest BCUT2D eigenvalue weighted by molar-refractivity contribution is 0.0954. The Bertz CT molecular complexity index is 659. The highest BCUT2D eigenvalue weighted by molar-refractivity contribution is 6.33. The van der Waals surface area contributed by atoms with Crippen molar-refractivity contribution in [1.82, 2.24) is 10.3 Å². The van der Waals surface area contributed by atoms with Gasteiger partial charge in [-0.05, 0) is 30.2 Å². The van der Waals surface area contributed by atoms with E-state index in [1.54, 1.807) is 0 Å². The fraction of sp³-hybridized carbons (Fsp3) is 0.143. The Morgan fingerprint density at radius 3 is 2.52 bits per heavy atom. The van der Waals surface area contributed by atoms with Gasteiger partial charge in [0.05, 0.1) is 10.6 Å². The second-order valence-corrected chi connectivity index (χ2v) is 4.78. The zero-order valence-electron chi connectivity index (χ0n) is 10.9. The van der Waals surface area contributed by atoms with E-state index in [1.807, 2.05) is 0 Å².